The van der Waals surface area contributed by atoms with Gasteiger partial charge in [-0.05, 0) is 31.6 Å². The summed E-state index contributed by atoms with van der Waals surface area (Å²) >= 11 is 0. The molecular formula is C13H17N3O2. The van der Waals surface area contributed by atoms with E-state index in [0.717, 1.165) is 38.8 Å². The van der Waals surface area contributed by atoms with Gasteiger partial charge in [0.15, 0.2) is 0 Å². The molecule has 2 N–H and O–H groups in total. The maximum Gasteiger partial charge on any atom is 0.253 e. The Bertz CT molecular complexity index is 529. The second-order valence-corrected chi connectivity index (χ2v) is 4.90. The van der Waals surface area contributed by atoms with Crippen LogP contribution in [0.5, 0.6) is 0 Å². The highest BCUT2D eigenvalue weighted by molar-refractivity contribution is 5.72. The Hall–Kier alpha value is -1.83. The SMILES string of the molecule is N#CCCCC1CCN(c2c(N)c(=O)c2=O)CC1. The Morgan fingerprint density at radius 1 is 1.28 bits per heavy atom. The van der Waals surface area contributed by atoms with Gasteiger partial charge < -0.3 is 10.6 Å². The molecule has 0 saturated carbocycles. The maximum atomic E-state index is 11.4. The zero-order valence-electron chi connectivity index (χ0n) is 10.3. The highest BCUT2D eigenvalue weighted by Gasteiger charge is 2.27. The lowest BCUT2D eigenvalue weighted by atomic mass is 9.91. The number of unbranched alkanes of at least 4 members (excludes halogenated alkanes) is 1. The molecule has 18 heavy (non-hydrogen) atoms. The Morgan fingerprint density at radius 2 is 1.94 bits per heavy atom. The van der Waals surface area contributed by atoms with Gasteiger partial charge in [0.05, 0.1) is 6.07 Å². The molecule has 1 aliphatic rings. The van der Waals surface area contributed by atoms with Crippen LogP contribution in [-0.2, 0) is 0 Å². The van der Waals surface area contributed by atoms with Crippen molar-refractivity contribution in [3.05, 3.63) is 20.4 Å². The lowest BCUT2D eigenvalue weighted by Crippen LogP contribution is -2.45. The molecule has 5 nitrogen and oxygen atoms in total. The van der Waals surface area contributed by atoms with E-state index >= 15 is 0 Å². The topological polar surface area (TPSA) is 87.2 Å². The highest BCUT2D eigenvalue weighted by Crippen LogP contribution is 2.27. The summed E-state index contributed by atoms with van der Waals surface area (Å²) in [5, 5.41) is 8.49. The molecule has 0 radical (unpaired) electrons. The number of nitrogen functional groups attached to an aromatic ring is 1. The van der Waals surface area contributed by atoms with Crippen LogP contribution < -0.4 is 21.5 Å². The normalized spacial score (nSPS) is 16.9. The maximum absolute atomic E-state index is 11.4. The molecule has 0 aromatic heterocycles. The first kappa shape index (κ1) is 12.6. The van der Waals surface area contributed by atoms with Gasteiger partial charge in [0.1, 0.15) is 11.4 Å². The minimum absolute atomic E-state index is 0.128. The fraction of sp³-hybridized carbons (Fsp3) is 0.615. The van der Waals surface area contributed by atoms with E-state index in [9.17, 15) is 9.59 Å². The molecule has 1 aromatic carbocycles. The second-order valence-electron chi connectivity index (χ2n) is 4.90. The quantitative estimate of drug-likeness (QED) is 0.627. The van der Waals surface area contributed by atoms with Gasteiger partial charge in [-0.1, -0.05) is 0 Å². The molecule has 0 amide bonds. The molecule has 1 aromatic rings. The average molecular weight is 247 g/mol. The van der Waals surface area contributed by atoms with Crippen LogP contribution in [0.25, 0.3) is 0 Å². The van der Waals surface area contributed by atoms with Crippen molar-refractivity contribution in [3.63, 3.8) is 0 Å². The number of hydrogen-bond donors (Lipinski definition) is 1. The Labute approximate surface area is 106 Å². The van der Waals surface area contributed by atoms with E-state index in [1.165, 1.54) is 0 Å². The van der Waals surface area contributed by atoms with E-state index in [1.807, 2.05) is 4.90 Å². The van der Waals surface area contributed by atoms with Crippen molar-refractivity contribution < 1.29 is 0 Å². The van der Waals surface area contributed by atoms with E-state index < -0.39 is 10.9 Å². The van der Waals surface area contributed by atoms with Gasteiger partial charge >= 0.3 is 0 Å². The first-order valence-corrected chi connectivity index (χ1v) is 6.35. The van der Waals surface area contributed by atoms with Gasteiger partial charge in [-0.25, -0.2) is 0 Å². The number of nitriles is 1. The first-order chi connectivity index (χ1) is 8.65. The van der Waals surface area contributed by atoms with Crippen molar-refractivity contribution in [2.75, 3.05) is 23.7 Å². The molecule has 1 fully saturated rings. The van der Waals surface area contributed by atoms with Gasteiger partial charge in [-0.15, -0.1) is 0 Å². The van der Waals surface area contributed by atoms with Gasteiger partial charge in [0.25, 0.3) is 10.9 Å². The summed E-state index contributed by atoms with van der Waals surface area (Å²) in [6, 6.07) is 2.15. The zero-order chi connectivity index (χ0) is 13.1. The van der Waals surface area contributed by atoms with Gasteiger partial charge in [0, 0.05) is 19.5 Å². The summed E-state index contributed by atoms with van der Waals surface area (Å²) in [6.45, 7) is 1.57. The summed E-state index contributed by atoms with van der Waals surface area (Å²) in [5.74, 6) is 0.627. The fourth-order valence-corrected chi connectivity index (χ4v) is 2.63. The number of hydrogen-bond acceptors (Lipinski definition) is 5. The molecule has 1 heterocycles. The summed E-state index contributed by atoms with van der Waals surface area (Å²) < 4.78 is 0. The Morgan fingerprint density at radius 3 is 2.50 bits per heavy atom. The van der Waals surface area contributed by atoms with E-state index in [4.69, 9.17) is 11.0 Å². The molecule has 0 aliphatic carbocycles. The zero-order valence-corrected chi connectivity index (χ0v) is 10.3. The van der Waals surface area contributed by atoms with Crippen LogP contribution in [0.15, 0.2) is 9.59 Å². The lowest BCUT2D eigenvalue weighted by molar-refractivity contribution is 0.374. The number of nitrogens with two attached hydrogens (primary N) is 1. The average Bonchev–Trinajstić information content (AvgIpc) is 2.40. The van der Waals surface area contributed by atoms with Crippen molar-refractivity contribution in [2.24, 2.45) is 5.92 Å². The summed E-state index contributed by atoms with van der Waals surface area (Å²) in [5.41, 5.74) is 5.13. The van der Waals surface area contributed by atoms with Gasteiger partial charge in [-0.3, -0.25) is 9.59 Å². The predicted molar refractivity (Wildman–Crippen MR) is 70.2 cm³/mol. The Balaban J connectivity index is 1.86. The highest BCUT2D eigenvalue weighted by atomic mass is 16.2. The summed E-state index contributed by atoms with van der Waals surface area (Å²) in [6.07, 6.45) is 4.64. The van der Waals surface area contributed by atoms with Crippen LogP contribution in [0.2, 0.25) is 0 Å². The van der Waals surface area contributed by atoms with Crippen LogP contribution in [0, 0.1) is 17.2 Å². The Kier molecular flexibility index (Phi) is 3.66. The molecule has 5 heteroatoms. The molecule has 0 bridgehead atoms. The molecule has 0 spiro atoms. The van der Waals surface area contributed by atoms with Crippen LogP contribution in [-0.4, -0.2) is 13.1 Å². The lowest BCUT2D eigenvalue weighted by Gasteiger charge is -2.34. The third-order valence-corrected chi connectivity index (χ3v) is 3.75. The van der Waals surface area contributed by atoms with Crippen LogP contribution >= 0.6 is 0 Å². The third-order valence-electron chi connectivity index (χ3n) is 3.75. The second kappa shape index (κ2) is 5.21. The molecular weight excluding hydrogens is 230 g/mol. The number of piperidine rings is 1. The number of anilines is 2. The summed E-state index contributed by atoms with van der Waals surface area (Å²) in [7, 11) is 0. The molecule has 96 valence electrons. The van der Waals surface area contributed by atoms with Crippen LogP contribution in [0.1, 0.15) is 32.1 Å². The number of nitrogens with zero attached hydrogens (tertiary/aromatic N) is 2. The van der Waals surface area contributed by atoms with E-state index in [2.05, 4.69) is 6.07 Å². The standard InChI is InChI=1S/C13H17N3O2/c14-6-2-1-3-9-4-7-16(8-5-9)11-10(15)12(17)13(11)18/h9H,1-5,7-8,15H2. The van der Waals surface area contributed by atoms with Gasteiger partial charge in [-0.2, -0.15) is 5.26 Å². The smallest absolute Gasteiger partial charge is 0.253 e. The monoisotopic (exact) mass is 247 g/mol. The van der Waals surface area contributed by atoms with Crippen LogP contribution in [0.4, 0.5) is 11.4 Å². The predicted octanol–water partition coefficient (Wildman–Crippen LogP) is 0.775. The molecule has 0 atom stereocenters. The van der Waals surface area contributed by atoms with E-state index in [0.29, 0.717) is 18.0 Å². The minimum atomic E-state index is -0.541. The van der Waals surface area contributed by atoms with Crippen molar-refractivity contribution >= 4 is 11.4 Å². The van der Waals surface area contributed by atoms with Gasteiger partial charge in [0.2, 0.25) is 0 Å². The molecule has 1 saturated heterocycles. The molecule has 2 rings (SSSR count). The summed E-state index contributed by atoms with van der Waals surface area (Å²) in [4.78, 5) is 24.4. The van der Waals surface area contributed by atoms with Crippen molar-refractivity contribution in [1.82, 2.24) is 0 Å². The largest absolute Gasteiger partial charge is 0.394 e. The molecule has 1 aliphatic heterocycles. The van der Waals surface area contributed by atoms with Crippen molar-refractivity contribution in [1.29, 1.82) is 5.26 Å². The first-order valence-electron chi connectivity index (χ1n) is 6.35. The number of rotatable bonds is 4. The van der Waals surface area contributed by atoms with Crippen LogP contribution in [0.3, 0.4) is 0 Å². The minimum Gasteiger partial charge on any atom is -0.394 e. The van der Waals surface area contributed by atoms with Crippen molar-refractivity contribution in [2.45, 2.75) is 32.1 Å². The third kappa shape index (κ3) is 2.23. The van der Waals surface area contributed by atoms with E-state index in [1.54, 1.807) is 0 Å². The molecule has 0 unspecified atom stereocenters. The van der Waals surface area contributed by atoms with Crippen molar-refractivity contribution in [3.8, 4) is 6.07 Å². The fourth-order valence-electron chi connectivity index (χ4n) is 2.63. The van der Waals surface area contributed by atoms with E-state index in [-0.39, 0.29) is 5.69 Å².